The lowest BCUT2D eigenvalue weighted by Gasteiger charge is -2.15. The van der Waals surface area contributed by atoms with E-state index in [1.165, 1.54) is 22.3 Å². The molecule has 0 heterocycles. The summed E-state index contributed by atoms with van der Waals surface area (Å²) in [5.74, 6) is 0. The molecular formula is C15H12Br4. The molecule has 0 fully saturated rings. The van der Waals surface area contributed by atoms with Crippen molar-refractivity contribution in [2.24, 2.45) is 0 Å². The monoisotopic (exact) mass is 508 g/mol. The molecule has 4 heteroatoms. The number of hydrogen-bond donors (Lipinski definition) is 0. The highest BCUT2D eigenvalue weighted by Crippen LogP contribution is 2.38. The first-order chi connectivity index (χ1) is 8.90. The minimum Gasteiger partial charge on any atom is -0.0786 e. The van der Waals surface area contributed by atoms with Gasteiger partial charge in [0.15, 0.2) is 0 Å². The van der Waals surface area contributed by atoms with Gasteiger partial charge in [-0.2, -0.15) is 0 Å². The average molecular weight is 512 g/mol. The maximum atomic E-state index is 3.80. The van der Waals surface area contributed by atoms with Crippen LogP contribution in [-0.2, 0) is 0 Å². The van der Waals surface area contributed by atoms with Crippen molar-refractivity contribution >= 4 is 63.7 Å². The number of aryl methyl sites for hydroxylation is 2. The number of halogens is 4. The Hall–Kier alpha value is 0.360. The van der Waals surface area contributed by atoms with Crippen molar-refractivity contribution in [1.29, 1.82) is 0 Å². The van der Waals surface area contributed by atoms with Gasteiger partial charge in [-0.25, -0.2) is 0 Å². The van der Waals surface area contributed by atoms with Gasteiger partial charge in [-0.05, 0) is 54.3 Å². The Morgan fingerprint density at radius 3 is 2.05 bits per heavy atom. The summed E-state index contributed by atoms with van der Waals surface area (Å²) in [7, 11) is 0. The smallest absolute Gasteiger partial charge is 0.0656 e. The highest BCUT2D eigenvalue weighted by molar-refractivity contribution is 9.11. The first-order valence-corrected chi connectivity index (χ1v) is 9.05. The number of alkyl halides is 1. The largest absolute Gasteiger partial charge is 0.0786 e. The van der Waals surface area contributed by atoms with Gasteiger partial charge in [0.2, 0.25) is 0 Å². The summed E-state index contributed by atoms with van der Waals surface area (Å²) in [5, 5.41) is 0. The zero-order valence-electron chi connectivity index (χ0n) is 10.5. The van der Waals surface area contributed by atoms with Crippen molar-refractivity contribution in [2.75, 3.05) is 0 Å². The van der Waals surface area contributed by atoms with Crippen molar-refractivity contribution < 1.29 is 0 Å². The molecule has 100 valence electrons. The topological polar surface area (TPSA) is 0 Å². The predicted molar refractivity (Wildman–Crippen MR) is 96.2 cm³/mol. The SMILES string of the molecule is Cc1cc(C(Br)c2cc(Br)c(C)cc2Br)ccc1Br. The van der Waals surface area contributed by atoms with E-state index in [1.807, 2.05) is 0 Å². The molecule has 0 bridgehead atoms. The Morgan fingerprint density at radius 2 is 1.42 bits per heavy atom. The quantitative estimate of drug-likeness (QED) is 0.378. The summed E-state index contributed by atoms with van der Waals surface area (Å²) in [4.78, 5) is 0.172. The van der Waals surface area contributed by atoms with E-state index in [1.54, 1.807) is 0 Å². The van der Waals surface area contributed by atoms with Gasteiger partial charge in [-0.15, -0.1) is 0 Å². The molecule has 0 saturated carbocycles. The molecular weight excluding hydrogens is 500 g/mol. The third-order valence-corrected chi connectivity index (χ3v) is 6.48. The molecule has 0 N–H and O–H groups in total. The average Bonchev–Trinajstić information content (AvgIpc) is 2.36. The fourth-order valence-corrected chi connectivity index (χ4v) is 4.13. The number of benzene rings is 2. The van der Waals surface area contributed by atoms with Crippen molar-refractivity contribution in [2.45, 2.75) is 18.7 Å². The summed E-state index contributed by atoms with van der Waals surface area (Å²) in [5.41, 5.74) is 4.93. The van der Waals surface area contributed by atoms with Crippen LogP contribution in [0.3, 0.4) is 0 Å². The lowest BCUT2D eigenvalue weighted by molar-refractivity contribution is 1.14. The van der Waals surface area contributed by atoms with E-state index < -0.39 is 0 Å². The predicted octanol–water partition coefficient (Wildman–Crippen LogP) is 7.08. The molecule has 0 nitrogen and oxygen atoms in total. The second-order valence-electron chi connectivity index (χ2n) is 4.49. The highest BCUT2D eigenvalue weighted by Gasteiger charge is 2.15. The lowest BCUT2D eigenvalue weighted by Crippen LogP contribution is -1.96. The molecule has 1 atom stereocenters. The van der Waals surface area contributed by atoms with E-state index >= 15 is 0 Å². The van der Waals surface area contributed by atoms with Gasteiger partial charge in [0, 0.05) is 13.4 Å². The number of hydrogen-bond acceptors (Lipinski definition) is 0. The van der Waals surface area contributed by atoms with E-state index in [-0.39, 0.29) is 4.83 Å². The van der Waals surface area contributed by atoms with E-state index in [2.05, 4.69) is 108 Å². The molecule has 0 aliphatic carbocycles. The van der Waals surface area contributed by atoms with Gasteiger partial charge >= 0.3 is 0 Å². The minimum absolute atomic E-state index is 0.172. The summed E-state index contributed by atoms with van der Waals surface area (Å²) in [6.45, 7) is 4.19. The number of rotatable bonds is 2. The van der Waals surface area contributed by atoms with Crippen LogP contribution in [0.15, 0.2) is 43.7 Å². The first kappa shape index (κ1) is 15.7. The molecule has 0 aliphatic heterocycles. The van der Waals surface area contributed by atoms with Gasteiger partial charge in [-0.1, -0.05) is 75.9 Å². The molecule has 0 radical (unpaired) electrons. The van der Waals surface area contributed by atoms with Gasteiger partial charge in [0.05, 0.1) is 4.83 Å². The lowest BCUT2D eigenvalue weighted by atomic mass is 10.0. The molecule has 1 unspecified atom stereocenters. The van der Waals surface area contributed by atoms with Crippen LogP contribution in [0.1, 0.15) is 27.1 Å². The second kappa shape index (κ2) is 6.42. The molecule has 2 aromatic rings. The summed E-state index contributed by atoms with van der Waals surface area (Å²) >= 11 is 14.6. The summed E-state index contributed by atoms with van der Waals surface area (Å²) in [6.07, 6.45) is 0. The van der Waals surface area contributed by atoms with E-state index in [4.69, 9.17) is 0 Å². The Morgan fingerprint density at radius 1 is 0.789 bits per heavy atom. The van der Waals surface area contributed by atoms with Gasteiger partial charge in [0.25, 0.3) is 0 Å². The summed E-state index contributed by atoms with van der Waals surface area (Å²) < 4.78 is 3.39. The Bertz CT molecular complexity index is 620. The van der Waals surface area contributed by atoms with Crippen LogP contribution in [0, 0.1) is 13.8 Å². The standard InChI is InChI=1S/C15H12Br4/c1-8-5-10(3-4-12(8)16)15(19)11-7-13(17)9(2)6-14(11)18/h3-7,15H,1-2H3. The maximum absolute atomic E-state index is 3.80. The Labute approximate surface area is 147 Å². The minimum atomic E-state index is 0.172. The molecule has 2 rings (SSSR count). The van der Waals surface area contributed by atoms with Crippen LogP contribution in [0.25, 0.3) is 0 Å². The first-order valence-electron chi connectivity index (χ1n) is 5.76. The second-order valence-corrected chi connectivity index (χ2v) is 7.97. The fraction of sp³-hybridized carbons (Fsp3) is 0.200. The molecule has 0 aromatic heterocycles. The normalized spacial score (nSPS) is 12.5. The van der Waals surface area contributed by atoms with Crippen LogP contribution < -0.4 is 0 Å². The van der Waals surface area contributed by atoms with Crippen molar-refractivity contribution in [3.05, 3.63) is 66.0 Å². The van der Waals surface area contributed by atoms with E-state index in [9.17, 15) is 0 Å². The molecule has 0 spiro atoms. The molecule has 0 saturated heterocycles. The molecule has 19 heavy (non-hydrogen) atoms. The van der Waals surface area contributed by atoms with Gasteiger partial charge in [0.1, 0.15) is 0 Å². The van der Waals surface area contributed by atoms with Gasteiger partial charge < -0.3 is 0 Å². The zero-order valence-corrected chi connectivity index (χ0v) is 16.8. The van der Waals surface area contributed by atoms with E-state index in [0.29, 0.717) is 0 Å². The summed E-state index contributed by atoms with van der Waals surface area (Å²) in [6, 6.07) is 10.7. The fourth-order valence-electron chi connectivity index (χ4n) is 1.86. The molecule has 0 aliphatic rings. The van der Waals surface area contributed by atoms with Crippen molar-refractivity contribution in [3.8, 4) is 0 Å². The van der Waals surface area contributed by atoms with E-state index in [0.717, 1.165) is 13.4 Å². The van der Waals surface area contributed by atoms with Crippen LogP contribution in [0.4, 0.5) is 0 Å². The van der Waals surface area contributed by atoms with Crippen molar-refractivity contribution in [1.82, 2.24) is 0 Å². The maximum Gasteiger partial charge on any atom is 0.0656 e. The molecule has 2 aromatic carbocycles. The van der Waals surface area contributed by atoms with Gasteiger partial charge in [-0.3, -0.25) is 0 Å². The van der Waals surface area contributed by atoms with Crippen LogP contribution in [0.2, 0.25) is 0 Å². The Kier molecular flexibility index (Phi) is 5.32. The van der Waals surface area contributed by atoms with Crippen LogP contribution in [-0.4, -0.2) is 0 Å². The Balaban J connectivity index is 2.46. The third-order valence-electron chi connectivity index (χ3n) is 3.03. The van der Waals surface area contributed by atoms with Crippen LogP contribution >= 0.6 is 63.7 Å². The van der Waals surface area contributed by atoms with Crippen LogP contribution in [0.5, 0.6) is 0 Å². The van der Waals surface area contributed by atoms with Crippen molar-refractivity contribution in [3.63, 3.8) is 0 Å². The highest BCUT2D eigenvalue weighted by atomic mass is 79.9. The zero-order chi connectivity index (χ0) is 14.2. The molecule has 0 amide bonds. The third kappa shape index (κ3) is 3.52.